The highest BCUT2D eigenvalue weighted by atomic mass is 32.2. The summed E-state index contributed by atoms with van der Waals surface area (Å²) in [6.45, 7) is 7.03. The van der Waals surface area contributed by atoms with Gasteiger partial charge in [-0.1, -0.05) is 13.8 Å². The van der Waals surface area contributed by atoms with Gasteiger partial charge in [0.1, 0.15) is 6.54 Å². The number of sulfonamides is 1. The average Bonchev–Trinajstić information content (AvgIpc) is 2.70. The first kappa shape index (κ1) is 22.1. The van der Waals surface area contributed by atoms with Crippen LogP contribution in [0.3, 0.4) is 0 Å². The molecule has 2 aliphatic rings. The van der Waals surface area contributed by atoms with Crippen molar-refractivity contribution in [3.63, 3.8) is 0 Å². The maximum Gasteiger partial charge on any atom is 0.243 e. The predicted molar refractivity (Wildman–Crippen MR) is 115 cm³/mol. The van der Waals surface area contributed by atoms with Crippen LogP contribution < -0.4 is 4.90 Å². The van der Waals surface area contributed by atoms with Crippen molar-refractivity contribution in [2.24, 2.45) is 0 Å². The third-order valence-corrected chi connectivity index (χ3v) is 8.73. The van der Waals surface area contributed by atoms with Gasteiger partial charge in [0, 0.05) is 30.6 Å². The monoisotopic (exact) mass is 439 g/mol. The molecule has 2 amide bonds. The Morgan fingerprint density at radius 1 is 1.24 bits per heavy atom. The number of benzene rings is 1. The van der Waals surface area contributed by atoms with E-state index in [1.807, 2.05) is 11.8 Å². The van der Waals surface area contributed by atoms with Crippen LogP contribution in [0.25, 0.3) is 0 Å². The normalized spacial score (nSPS) is 20.1. The zero-order chi connectivity index (χ0) is 21.2. The lowest BCUT2D eigenvalue weighted by molar-refractivity contribution is -0.134. The summed E-state index contributed by atoms with van der Waals surface area (Å²) in [7, 11) is -3.64. The molecule has 1 atom stereocenters. The van der Waals surface area contributed by atoms with Crippen molar-refractivity contribution in [3.05, 3.63) is 18.2 Å². The van der Waals surface area contributed by atoms with Crippen LogP contribution in [0.5, 0.6) is 0 Å². The van der Waals surface area contributed by atoms with Gasteiger partial charge in [0.25, 0.3) is 0 Å². The van der Waals surface area contributed by atoms with Gasteiger partial charge in [-0.2, -0.15) is 4.31 Å². The van der Waals surface area contributed by atoms with Gasteiger partial charge in [0.15, 0.2) is 0 Å². The van der Waals surface area contributed by atoms with E-state index in [1.54, 1.807) is 32.0 Å². The molecule has 0 saturated carbocycles. The number of thioether (sulfide) groups is 1. The van der Waals surface area contributed by atoms with Gasteiger partial charge in [-0.3, -0.25) is 9.59 Å². The average molecular weight is 440 g/mol. The van der Waals surface area contributed by atoms with Gasteiger partial charge in [-0.25, -0.2) is 8.42 Å². The van der Waals surface area contributed by atoms with Gasteiger partial charge >= 0.3 is 0 Å². The second-order valence-corrected chi connectivity index (χ2v) is 10.4. The Morgan fingerprint density at radius 2 is 1.97 bits per heavy atom. The zero-order valence-electron chi connectivity index (χ0n) is 17.3. The smallest absolute Gasteiger partial charge is 0.243 e. The van der Waals surface area contributed by atoms with Crippen molar-refractivity contribution >= 4 is 39.3 Å². The fourth-order valence-electron chi connectivity index (χ4n) is 3.92. The van der Waals surface area contributed by atoms with E-state index < -0.39 is 10.0 Å². The van der Waals surface area contributed by atoms with E-state index >= 15 is 0 Å². The van der Waals surface area contributed by atoms with E-state index in [0.717, 1.165) is 24.2 Å². The Hall–Kier alpha value is -1.58. The van der Waals surface area contributed by atoms with Crippen molar-refractivity contribution < 1.29 is 18.0 Å². The Morgan fingerprint density at radius 3 is 2.62 bits per heavy atom. The molecular weight excluding hydrogens is 410 g/mol. The number of rotatable bonds is 6. The summed E-state index contributed by atoms with van der Waals surface area (Å²) in [6.07, 6.45) is 3.06. The van der Waals surface area contributed by atoms with Crippen molar-refractivity contribution in [3.8, 4) is 0 Å². The Labute approximate surface area is 177 Å². The molecule has 3 rings (SSSR count). The molecule has 1 unspecified atom stereocenters. The number of carbonyl (C=O) groups excluding carboxylic acids is 2. The highest BCUT2D eigenvalue weighted by Gasteiger charge is 2.32. The lowest BCUT2D eigenvalue weighted by atomic mass is 10.0. The fourth-order valence-corrected chi connectivity index (χ4v) is 6.32. The second-order valence-electron chi connectivity index (χ2n) is 7.42. The summed E-state index contributed by atoms with van der Waals surface area (Å²) in [5.74, 6) is -0.00358. The second kappa shape index (κ2) is 9.06. The minimum atomic E-state index is -3.64. The lowest BCUT2D eigenvalue weighted by Gasteiger charge is -2.36. The first-order chi connectivity index (χ1) is 13.8. The molecule has 29 heavy (non-hydrogen) atoms. The molecule has 0 aliphatic carbocycles. The van der Waals surface area contributed by atoms with Crippen LogP contribution in [0, 0.1) is 0 Å². The molecular formula is C20H29N3O4S2. The van der Waals surface area contributed by atoms with E-state index in [2.05, 4.69) is 0 Å². The van der Waals surface area contributed by atoms with Gasteiger partial charge in [0.05, 0.1) is 16.3 Å². The molecule has 1 fully saturated rings. The number of nitrogens with zero attached hydrogens (tertiary/aromatic N) is 3. The highest BCUT2D eigenvalue weighted by molar-refractivity contribution is 8.00. The molecule has 0 aromatic heterocycles. The number of carbonyl (C=O) groups is 2. The number of likely N-dealkylation sites (tertiary alicyclic amines) is 1. The highest BCUT2D eigenvalue weighted by Crippen LogP contribution is 2.37. The standard InChI is InChI=1S/C20H29N3O4S2/c1-4-21(5-2)29(26,27)16-9-10-18-17(12-16)23(20(25)14-28-18)13-19(24)22-11-7-6-8-15(22)3/h9-10,12,15H,4-8,11,13-14H2,1-3H3. The van der Waals surface area contributed by atoms with Gasteiger partial charge in [-0.15, -0.1) is 11.8 Å². The summed E-state index contributed by atoms with van der Waals surface area (Å²) < 4.78 is 27.2. The Kier molecular flexibility index (Phi) is 6.90. The van der Waals surface area contributed by atoms with Crippen LogP contribution >= 0.6 is 11.8 Å². The summed E-state index contributed by atoms with van der Waals surface area (Å²) in [6, 6.07) is 5.03. The van der Waals surface area contributed by atoms with Gasteiger partial charge in [-0.05, 0) is 44.4 Å². The molecule has 7 nitrogen and oxygen atoms in total. The van der Waals surface area contributed by atoms with E-state index in [9.17, 15) is 18.0 Å². The van der Waals surface area contributed by atoms with E-state index in [0.29, 0.717) is 25.3 Å². The minimum Gasteiger partial charge on any atom is -0.338 e. The van der Waals surface area contributed by atoms with E-state index in [4.69, 9.17) is 0 Å². The predicted octanol–water partition coefficient (Wildman–Crippen LogP) is 2.56. The number of hydrogen-bond donors (Lipinski definition) is 0. The topological polar surface area (TPSA) is 78.0 Å². The largest absolute Gasteiger partial charge is 0.338 e. The zero-order valence-corrected chi connectivity index (χ0v) is 18.9. The number of fused-ring (bicyclic) bond motifs is 1. The van der Waals surface area contributed by atoms with Gasteiger partial charge in [0.2, 0.25) is 21.8 Å². The number of anilines is 1. The molecule has 2 aliphatic heterocycles. The molecule has 160 valence electrons. The Bertz CT molecular complexity index is 884. The fraction of sp³-hybridized carbons (Fsp3) is 0.600. The molecule has 0 N–H and O–H groups in total. The molecule has 2 heterocycles. The number of piperidine rings is 1. The minimum absolute atomic E-state index is 0.0501. The number of amides is 2. The van der Waals surface area contributed by atoms with E-state index in [-0.39, 0.29) is 35.0 Å². The SMILES string of the molecule is CCN(CC)S(=O)(=O)c1ccc2c(c1)N(CC(=O)N1CCCCC1C)C(=O)CS2. The van der Waals surface area contributed by atoms with Crippen LogP contribution in [-0.4, -0.2) is 67.4 Å². The molecule has 9 heteroatoms. The maximum absolute atomic E-state index is 12.9. The molecule has 0 radical (unpaired) electrons. The summed E-state index contributed by atoms with van der Waals surface area (Å²) in [5.41, 5.74) is 0.512. The maximum atomic E-state index is 12.9. The molecule has 0 spiro atoms. The Balaban J connectivity index is 1.91. The summed E-state index contributed by atoms with van der Waals surface area (Å²) >= 11 is 1.38. The van der Waals surface area contributed by atoms with Crippen molar-refractivity contribution in [1.29, 1.82) is 0 Å². The van der Waals surface area contributed by atoms with Crippen LogP contribution in [0.1, 0.15) is 40.0 Å². The van der Waals surface area contributed by atoms with Crippen molar-refractivity contribution in [2.45, 2.75) is 55.9 Å². The molecule has 0 bridgehead atoms. The molecule has 1 aromatic carbocycles. The first-order valence-electron chi connectivity index (χ1n) is 10.2. The summed E-state index contributed by atoms with van der Waals surface area (Å²) in [4.78, 5) is 29.8. The van der Waals surface area contributed by atoms with Crippen molar-refractivity contribution in [1.82, 2.24) is 9.21 Å². The first-order valence-corrected chi connectivity index (χ1v) is 12.6. The summed E-state index contributed by atoms with van der Waals surface area (Å²) in [5, 5.41) is 0. The van der Waals surface area contributed by atoms with Crippen molar-refractivity contribution in [2.75, 3.05) is 36.8 Å². The van der Waals surface area contributed by atoms with Gasteiger partial charge < -0.3 is 9.80 Å². The lowest BCUT2D eigenvalue weighted by Crippen LogP contribution is -2.49. The number of hydrogen-bond acceptors (Lipinski definition) is 5. The third kappa shape index (κ3) is 4.46. The van der Waals surface area contributed by atoms with Crippen LogP contribution in [0.15, 0.2) is 28.0 Å². The van der Waals surface area contributed by atoms with Crippen LogP contribution in [0.4, 0.5) is 5.69 Å². The van der Waals surface area contributed by atoms with Crippen LogP contribution in [-0.2, 0) is 19.6 Å². The molecule has 1 aromatic rings. The molecule has 1 saturated heterocycles. The van der Waals surface area contributed by atoms with Crippen LogP contribution in [0.2, 0.25) is 0 Å². The van der Waals surface area contributed by atoms with E-state index in [1.165, 1.54) is 21.0 Å². The third-order valence-electron chi connectivity index (χ3n) is 5.63. The quantitative estimate of drug-likeness (QED) is 0.681.